The maximum absolute atomic E-state index is 13.4. The van der Waals surface area contributed by atoms with Crippen LogP contribution in [-0.4, -0.2) is 67.4 Å². The fourth-order valence-corrected chi connectivity index (χ4v) is 2.30. The average Bonchev–Trinajstić information content (AvgIpc) is 2.43. The monoisotopic (exact) mass is 282 g/mol. The highest BCUT2D eigenvalue weighted by atomic mass is 19.1. The Hall–Kier alpha value is -1.01. The lowest BCUT2D eigenvalue weighted by molar-refractivity contribution is 0.00231. The van der Waals surface area contributed by atoms with Crippen molar-refractivity contribution < 1.29 is 14.2 Å². The molecule has 0 amide bonds. The number of ether oxygens (including phenoxy) is 1. The number of hydrogen-bond donors (Lipinski definition) is 1. The molecule has 2 rings (SSSR count). The van der Waals surface area contributed by atoms with Crippen LogP contribution >= 0.6 is 0 Å². The van der Waals surface area contributed by atoms with Crippen molar-refractivity contribution in [2.45, 2.75) is 12.7 Å². The number of benzene rings is 1. The van der Waals surface area contributed by atoms with Gasteiger partial charge in [-0.2, -0.15) is 0 Å². The molecule has 1 aromatic rings. The van der Waals surface area contributed by atoms with E-state index in [-0.39, 0.29) is 19.0 Å². The topological polar surface area (TPSA) is 35.9 Å². The Bertz CT molecular complexity index is 409. The molecule has 0 bridgehead atoms. The van der Waals surface area contributed by atoms with Gasteiger partial charge in [-0.25, -0.2) is 4.39 Å². The minimum Gasteiger partial charge on any atom is -0.389 e. The molecule has 0 aromatic heterocycles. The van der Waals surface area contributed by atoms with Gasteiger partial charge in [-0.05, 0) is 13.1 Å². The first-order valence-corrected chi connectivity index (χ1v) is 7.05. The van der Waals surface area contributed by atoms with Crippen molar-refractivity contribution in [1.29, 1.82) is 0 Å². The van der Waals surface area contributed by atoms with Crippen molar-refractivity contribution in [2.75, 3.05) is 46.4 Å². The zero-order valence-electron chi connectivity index (χ0n) is 12.0. The van der Waals surface area contributed by atoms with E-state index in [1.165, 1.54) is 6.07 Å². The van der Waals surface area contributed by atoms with E-state index in [4.69, 9.17) is 4.74 Å². The molecule has 1 aliphatic heterocycles. The Labute approximate surface area is 119 Å². The Morgan fingerprint density at radius 2 is 1.95 bits per heavy atom. The summed E-state index contributed by atoms with van der Waals surface area (Å²) in [6.07, 6.45) is -0.523. The third-order valence-electron chi connectivity index (χ3n) is 3.59. The number of β-amino-alcohol motifs (C(OH)–C–C–N with tert-alkyl or cyclic N) is 1. The number of likely N-dealkylation sites (N-methyl/N-ethyl adjacent to an activating group) is 1. The van der Waals surface area contributed by atoms with Gasteiger partial charge in [-0.1, -0.05) is 18.2 Å². The van der Waals surface area contributed by atoms with E-state index in [2.05, 4.69) is 16.8 Å². The smallest absolute Gasteiger partial charge is 0.128 e. The minimum absolute atomic E-state index is 0.201. The molecule has 0 saturated carbocycles. The second-order valence-electron chi connectivity index (χ2n) is 5.36. The summed E-state index contributed by atoms with van der Waals surface area (Å²) in [6.45, 7) is 5.06. The maximum Gasteiger partial charge on any atom is 0.128 e. The summed E-state index contributed by atoms with van der Waals surface area (Å²) in [5, 5.41) is 9.94. The molecule has 4 nitrogen and oxygen atoms in total. The SMILES string of the molecule is CN1CCN(CC(O)COCc2ccccc2F)CC1. The van der Waals surface area contributed by atoms with Crippen molar-refractivity contribution >= 4 is 0 Å². The lowest BCUT2D eigenvalue weighted by Gasteiger charge is -2.33. The molecule has 20 heavy (non-hydrogen) atoms. The van der Waals surface area contributed by atoms with Crippen LogP contribution in [0.1, 0.15) is 5.56 Å². The van der Waals surface area contributed by atoms with Gasteiger partial charge in [-0.3, -0.25) is 4.90 Å². The van der Waals surface area contributed by atoms with Crippen molar-refractivity contribution in [3.63, 3.8) is 0 Å². The van der Waals surface area contributed by atoms with Gasteiger partial charge in [-0.15, -0.1) is 0 Å². The van der Waals surface area contributed by atoms with Crippen molar-refractivity contribution in [3.05, 3.63) is 35.6 Å². The largest absolute Gasteiger partial charge is 0.389 e. The van der Waals surface area contributed by atoms with Gasteiger partial charge in [0.25, 0.3) is 0 Å². The maximum atomic E-state index is 13.4. The molecule has 0 radical (unpaired) electrons. The zero-order valence-corrected chi connectivity index (χ0v) is 12.0. The molecule has 1 aliphatic rings. The highest BCUT2D eigenvalue weighted by Crippen LogP contribution is 2.08. The normalized spacial score (nSPS) is 19.1. The second kappa shape index (κ2) is 7.69. The Morgan fingerprint density at radius 1 is 1.25 bits per heavy atom. The van der Waals surface area contributed by atoms with Crippen molar-refractivity contribution in [1.82, 2.24) is 9.80 Å². The number of hydrogen-bond acceptors (Lipinski definition) is 4. The molecule has 1 heterocycles. The molecule has 1 aromatic carbocycles. The molecule has 1 fully saturated rings. The van der Waals surface area contributed by atoms with Crippen molar-refractivity contribution in [3.8, 4) is 0 Å². The molecular weight excluding hydrogens is 259 g/mol. The number of aliphatic hydroxyl groups is 1. The minimum atomic E-state index is -0.523. The summed E-state index contributed by atoms with van der Waals surface area (Å²) in [5.74, 6) is -0.263. The van der Waals surface area contributed by atoms with Crippen LogP contribution in [0.2, 0.25) is 0 Å². The van der Waals surface area contributed by atoms with Crippen LogP contribution < -0.4 is 0 Å². The molecular formula is C15H23FN2O2. The van der Waals surface area contributed by atoms with Crippen LogP contribution in [0.25, 0.3) is 0 Å². The molecule has 1 N–H and O–H groups in total. The Balaban J connectivity index is 1.65. The second-order valence-corrected chi connectivity index (χ2v) is 5.36. The third kappa shape index (κ3) is 4.83. The van der Waals surface area contributed by atoms with Gasteiger partial charge < -0.3 is 14.7 Å². The molecule has 1 saturated heterocycles. The van der Waals surface area contributed by atoms with Crippen LogP contribution in [0.5, 0.6) is 0 Å². The number of piperazine rings is 1. The predicted octanol–water partition coefficient (Wildman–Crippen LogP) is 0.951. The molecule has 5 heteroatoms. The quantitative estimate of drug-likeness (QED) is 0.843. The van der Waals surface area contributed by atoms with Gasteiger partial charge in [0.1, 0.15) is 5.82 Å². The molecule has 0 aliphatic carbocycles. The fraction of sp³-hybridized carbons (Fsp3) is 0.600. The van der Waals surface area contributed by atoms with Gasteiger partial charge in [0.2, 0.25) is 0 Å². The summed E-state index contributed by atoms with van der Waals surface area (Å²) in [5.41, 5.74) is 0.527. The van der Waals surface area contributed by atoms with Crippen LogP contribution in [0.3, 0.4) is 0 Å². The summed E-state index contributed by atoms with van der Waals surface area (Å²) < 4.78 is 18.8. The number of rotatable bonds is 6. The van der Waals surface area contributed by atoms with Crippen molar-refractivity contribution in [2.24, 2.45) is 0 Å². The highest BCUT2D eigenvalue weighted by Gasteiger charge is 2.17. The standard InChI is InChI=1S/C15H23FN2O2/c1-17-6-8-18(9-7-17)10-14(19)12-20-11-13-4-2-3-5-15(13)16/h2-5,14,19H,6-12H2,1H3. The molecule has 1 unspecified atom stereocenters. The van der Waals surface area contributed by atoms with Crippen LogP contribution in [-0.2, 0) is 11.3 Å². The third-order valence-corrected chi connectivity index (χ3v) is 3.59. The number of halogens is 1. The number of aliphatic hydroxyl groups excluding tert-OH is 1. The predicted molar refractivity (Wildman–Crippen MR) is 76.0 cm³/mol. The van der Waals surface area contributed by atoms with E-state index in [0.29, 0.717) is 12.1 Å². The summed E-state index contributed by atoms with van der Waals surface area (Å²) in [7, 11) is 2.10. The average molecular weight is 282 g/mol. The van der Waals surface area contributed by atoms with E-state index in [0.717, 1.165) is 26.2 Å². The van der Waals surface area contributed by atoms with Gasteiger partial charge in [0, 0.05) is 38.3 Å². The zero-order chi connectivity index (χ0) is 14.4. The Kier molecular flexibility index (Phi) is 5.91. The van der Waals surface area contributed by atoms with Gasteiger partial charge in [0.15, 0.2) is 0 Å². The highest BCUT2D eigenvalue weighted by molar-refractivity contribution is 5.16. The van der Waals surface area contributed by atoms with E-state index in [9.17, 15) is 9.50 Å². The van der Waals surface area contributed by atoms with E-state index < -0.39 is 6.10 Å². The summed E-state index contributed by atoms with van der Waals surface area (Å²) in [6, 6.07) is 6.55. The first-order valence-electron chi connectivity index (χ1n) is 7.05. The molecule has 0 spiro atoms. The Morgan fingerprint density at radius 3 is 2.65 bits per heavy atom. The first kappa shape index (κ1) is 15.4. The summed E-state index contributed by atoms with van der Waals surface area (Å²) >= 11 is 0. The van der Waals surface area contributed by atoms with Gasteiger partial charge in [0.05, 0.1) is 19.3 Å². The lowest BCUT2D eigenvalue weighted by Crippen LogP contribution is -2.47. The fourth-order valence-electron chi connectivity index (χ4n) is 2.30. The summed E-state index contributed by atoms with van der Waals surface area (Å²) in [4.78, 5) is 4.51. The van der Waals surface area contributed by atoms with Crippen LogP contribution in [0, 0.1) is 5.82 Å². The van der Waals surface area contributed by atoms with Gasteiger partial charge >= 0.3 is 0 Å². The van der Waals surface area contributed by atoms with E-state index in [1.54, 1.807) is 18.2 Å². The van der Waals surface area contributed by atoms with E-state index in [1.807, 2.05) is 0 Å². The molecule has 1 atom stereocenters. The van der Waals surface area contributed by atoms with E-state index >= 15 is 0 Å². The first-order chi connectivity index (χ1) is 9.65. The van der Waals surface area contributed by atoms with Crippen LogP contribution in [0.15, 0.2) is 24.3 Å². The molecule has 112 valence electrons. The number of nitrogens with zero attached hydrogens (tertiary/aromatic N) is 2. The lowest BCUT2D eigenvalue weighted by atomic mass is 10.2. The van der Waals surface area contributed by atoms with Crippen LogP contribution in [0.4, 0.5) is 4.39 Å².